The summed E-state index contributed by atoms with van der Waals surface area (Å²) in [6.07, 6.45) is 2.46. The zero-order chi connectivity index (χ0) is 29.8. The number of fused-ring (bicyclic) bond motifs is 1. The van der Waals surface area contributed by atoms with Crippen LogP contribution in [0.4, 0.5) is 0 Å². The maximum atomic E-state index is 13.3. The van der Waals surface area contributed by atoms with Gasteiger partial charge in [0.2, 0.25) is 17.7 Å². The number of hydrogen-bond acceptors (Lipinski definition) is 7. The number of aliphatic imine (C=N–C) groups is 1. The number of carboxylic acids is 1. The second kappa shape index (κ2) is 15.4. The first-order valence-corrected chi connectivity index (χ1v) is 13.0. The number of rotatable bonds is 16. The van der Waals surface area contributed by atoms with E-state index in [1.807, 2.05) is 38.1 Å². The Kier molecular flexibility index (Phi) is 12.4. The molecule has 4 atom stereocenters. The summed E-state index contributed by atoms with van der Waals surface area (Å²) in [6.45, 7) is 3.19. The van der Waals surface area contributed by atoms with Crippen LogP contribution in [0.3, 0.4) is 0 Å². The number of carbonyl (C=O) groups excluding carboxylic acids is 3. The molecule has 4 unspecified atom stereocenters. The van der Waals surface area contributed by atoms with Gasteiger partial charge in [0.1, 0.15) is 18.1 Å². The highest BCUT2D eigenvalue weighted by atomic mass is 16.4. The topological polar surface area (TPSA) is 251 Å². The van der Waals surface area contributed by atoms with Crippen LogP contribution in [-0.2, 0) is 25.6 Å². The molecule has 14 heteroatoms. The Balaban J connectivity index is 2.17. The van der Waals surface area contributed by atoms with Gasteiger partial charge in [-0.15, -0.1) is 0 Å². The summed E-state index contributed by atoms with van der Waals surface area (Å²) in [6, 6.07) is 2.66. The minimum atomic E-state index is -1.47. The molecule has 2 aromatic rings. The van der Waals surface area contributed by atoms with Gasteiger partial charge in [0.25, 0.3) is 0 Å². The van der Waals surface area contributed by atoms with E-state index in [-0.39, 0.29) is 37.7 Å². The zero-order valence-corrected chi connectivity index (χ0v) is 22.7. The van der Waals surface area contributed by atoms with Crippen molar-refractivity contribution in [2.24, 2.45) is 28.1 Å². The number of aromatic nitrogens is 1. The van der Waals surface area contributed by atoms with E-state index in [2.05, 4.69) is 25.9 Å². The molecular weight excluding hydrogens is 520 g/mol. The van der Waals surface area contributed by atoms with Gasteiger partial charge in [0.15, 0.2) is 5.96 Å². The molecule has 0 radical (unpaired) electrons. The first-order valence-electron chi connectivity index (χ1n) is 13.0. The Bertz CT molecular complexity index is 1190. The summed E-state index contributed by atoms with van der Waals surface area (Å²) >= 11 is 0. The van der Waals surface area contributed by atoms with Gasteiger partial charge in [-0.3, -0.25) is 19.4 Å². The lowest BCUT2D eigenvalue weighted by Gasteiger charge is -2.24. The van der Waals surface area contributed by atoms with Gasteiger partial charge in [0, 0.05) is 30.1 Å². The standard InChI is InChI=1S/C26H40N8O6/c1-14(2)10-17(27)22(36)33-20(11-15-12-31-18-7-4-3-6-16(15)18)23(37)34-21(13-35)24(38)32-19(25(39)40)8-5-9-30-26(28)29/h3-4,6-7,12,14,17,19-21,31,35H,5,8-11,13,27H2,1-2H3,(H,32,38)(H,33,36)(H,34,37)(H,39,40)(H4,28,29,30). The van der Waals surface area contributed by atoms with Gasteiger partial charge < -0.3 is 48.3 Å². The molecule has 40 heavy (non-hydrogen) atoms. The van der Waals surface area contributed by atoms with Crippen LogP contribution in [0.2, 0.25) is 0 Å². The van der Waals surface area contributed by atoms with E-state index in [1.54, 1.807) is 6.20 Å². The van der Waals surface area contributed by atoms with Crippen LogP contribution < -0.4 is 33.2 Å². The third-order valence-electron chi connectivity index (χ3n) is 6.17. The SMILES string of the molecule is CC(C)CC(N)C(=O)NC(Cc1c[nH]c2ccccc12)C(=O)NC(CO)C(=O)NC(CCCN=C(N)N)C(=O)O. The van der Waals surface area contributed by atoms with Gasteiger partial charge in [-0.2, -0.15) is 0 Å². The lowest BCUT2D eigenvalue weighted by atomic mass is 10.0. The number of H-pyrrole nitrogens is 1. The van der Waals surface area contributed by atoms with Crippen molar-refractivity contribution >= 4 is 40.6 Å². The molecule has 3 amide bonds. The van der Waals surface area contributed by atoms with Crippen LogP contribution in [0.15, 0.2) is 35.5 Å². The number of amides is 3. The molecule has 0 spiro atoms. The number of nitrogens with two attached hydrogens (primary N) is 3. The summed E-state index contributed by atoms with van der Waals surface area (Å²) in [5.41, 5.74) is 18.1. The summed E-state index contributed by atoms with van der Waals surface area (Å²) in [5.74, 6) is -3.48. The number of aliphatic carboxylic acids is 1. The molecule has 1 aromatic carbocycles. The molecule has 0 bridgehead atoms. The fraction of sp³-hybridized carbons (Fsp3) is 0.500. The number of guanidine groups is 1. The van der Waals surface area contributed by atoms with Crippen molar-refractivity contribution < 1.29 is 29.4 Å². The lowest BCUT2D eigenvalue weighted by Crippen LogP contribution is -2.58. The molecule has 220 valence electrons. The van der Waals surface area contributed by atoms with E-state index in [9.17, 15) is 29.4 Å². The van der Waals surface area contributed by atoms with Gasteiger partial charge in [-0.25, -0.2) is 4.79 Å². The molecule has 0 aliphatic carbocycles. The number of nitrogens with zero attached hydrogens (tertiary/aromatic N) is 1. The molecule has 0 saturated carbocycles. The molecule has 12 N–H and O–H groups in total. The Morgan fingerprint density at radius 3 is 2.23 bits per heavy atom. The van der Waals surface area contributed by atoms with Crippen molar-refractivity contribution in [3.05, 3.63) is 36.0 Å². The number of nitrogens with one attached hydrogen (secondary N) is 4. The highest BCUT2D eigenvalue weighted by Gasteiger charge is 2.30. The number of benzene rings is 1. The largest absolute Gasteiger partial charge is 0.480 e. The van der Waals surface area contributed by atoms with Crippen LogP contribution in [0.1, 0.15) is 38.7 Å². The third kappa shape index (κ3) is 9.85. The molecule has 14 nitrogen and oxygen atoms in total. The Morgan fingerprint density at radius 1 is 0.975 bits per heavy atom. The van der Waals surface area contributed by atoms with Crippen molar-refractivity contribution in [1.29, 1.82) is 0 Å². The fourth-order valence-corrected chi connectivity index (χ4v) is 4.12. The highest BCUT2D eigenvalue weighted by Crippen LogP contribution is 2.19. The second-order valence-electron chi connectivity index (χ2n) is 9.95. The Morgan fingerprint density at radius 2 is 1.60 bits per heavy atom. The van der Waals surface area contributed by atoms with Crippen molar-refractivity contribution in [3.8, 4) is 0 Å². The fourth-order valence-electron chi connectivity index (χ4n) is 4.12. The minimum absolute atomic E-state index is 0.0108. The Hall–Kier alpha value is -4.17. The van der Waals surface area contributed by atoms with Crippen molar-refractivity contribution in [2.75, 3.05) is 13.2 Å². The van der Waals surface area contributed by atoms with Crippen molar-refractivity contribution in [2.45, 2.75) is 63.7 Å². The molecule has 1 heterocycles. The lowest BCUT2D eigenvalue weighted by molar-refractivity contribution is -0.142. The normalized spacial score (nSPS) is 14.1. The highest BCUT2D eigenvalue weighted by molar-refractivity contribution is 5.95. The van der Waals surface area contributed by atoms with Crippen molar-refractivity contribution in [3.63, 3.8) is 0 Å². The van der Waals surface area contributed by atoms with Crippen LogP contribution >= 0.6 is 0 Å². The number of carboxylic acid groups (broad SMARTS) is 1. The Labute approximate surface area is 232 Å². The maximum absolute atomic E-state index is 13.3. The number of hydrogen-bond donors (Lipinski definition) is 9. The average Bonchev–Trinajstić information content (AvgIpc) is 3.30. The maximum Gasteiger partial charge on any atom is 0.326 e. The van der Waals surface area contributed by atoms with Crippen LogP contribution in [0.25, 0.3) is 10.9 Å². The summed E-state index contributed by atoms with van der Waals surface area (Å²) in [7, 11) is 0. The first-order chi connectivity index (χ1) is 18.9. The van der Waals surface area contributed by atoms with E-state index in [1.165, 1.54) is 0 Å². The van der Waals surface area contributed by atoms with Crippen LogP contribution in [-0.4, -0.2) is 82.2 Å². The number of carbonyl (C=O) groups is 4. The van der Waals surface area contributed by atoms with E-state index >= 15 is 0 Å². The first kappa shape index (κ1) is 32.0. The third-order valence-corrected chi connectivity index (χ3v) is 6.17. The monoisotopic (exact) mass is 560 g/mol. The summed E-state index contributed by atoms with van der Waals surface area (Å²) in [5, 5.41) is 27.6. The number of aliphatic hydroxyl groups excluding tert-OH is 1. The van der Waals surface area contributed by atoms with Gasteiger partial charge >= 0.3 is 5.97 Å². The molecule has 0 aliphatic heterocycles. The number of aliphatic hydroxyl groups is 1. The predicted molar refractivity (Wildman–Crippen MR) is 150 cm³/mol. The number of para-hydroxylation sites is 1. The minimum Gasteiger partial charge on any atom is -0.480 e. The number of aromatic amines is 1. The molecular formula is C26H40N8O6. The molecule has 0 fully saturated rings. The van der Waals surface area contributed by atoms with E-state index in [0.29, 0.717) is 6.42 Å². The molecule has 0 saturated heterocycles. The average molecular weight is 561 g/mol. The summed E-state index contributed by atoms with van der Waals surface area (Å²) in [4.78, 5) is 57.5. The van der Waals surface area contributed by atoms with Gasteiger partial charge in [-0.1, -0.05) is 32.0 Å². The van der Waals surface area contributed by atoms with Crippen molar-refractivity contribution in [1.82, 2.24) is 20.9 Å². The van der Waals surface area contributed by atoms with Crippen LogP contribution in [0.5, 0.6) is 0 Å². The molecule has 1 aromatic heterocycles. The van der Waals surface area contributed by atoms with E-state index in [4.69, 9.17) is 17.2 Å². The van der Waals surface area contributed by atoms with E-state index < -0.39 is 54.5 Å². The second-order valence-corrected chi connectivity index (χ2v) is 9.95. The van der Waals surface area contributed by atoms with Crippen LogP contribution in [0, 0.1) is 5.92 Å². The molecule has 2 rings (SSSR count). The predicted octanol–water partition coefficient (Wildman–Crippen LogP) is -1.33. The summed E-state index contributed by atoms with van der Waals surface area (Å²) < 4.78 is 0. The zero-order valence-electron chi connectivity index (χ0n) is 22.7. The van der Waals surface area contributed by atoms with E-state index in [0.717, 1.165) is 16.5 Å². The van der Waals surface area contributed by atoms with Gasteiger partial charge in [0.05, 0.1) is 12.6 Å². The molecule has 0 aliphatic rings. The van der Waals surface area contributed by atoms with Gasteiger partial charge in [-0.05, 0) is 36.8 Å². The quantitative estimate of drug-likeness (QED) is 0.0669. The smallest absolute Gasteiger partial charge is 0.326 e.